The molecule has 1 unspecified atom stereocenters. The number of unbranched alkanes of at least 4 members (excludes halogenated alkanes) is 35. The van der Waals surface area contributed by atoms with E-state index in [-0.39, 0.29) is 31.1 Å². The molecule has 0 aromatic carbocycles. The zero-order valence-electron chi connectivity index (χ0n) is 54.7. The van der Waals surface area contributed by atoms with Crippen LogP contribution in [0.3, 0.4) is 0 Å². The van der Waals surface area contributed by atoms with Crippen molar-refractivity contribution in [3.63, 3.8) is 0 Å². The van der Waals surface area contributed by atoms with Crippen LogP contribution in [0.25, 0.3) is 0 Å². The number of allylic oxidation sites excluding steroid dienone is 18. The van der Waals surface area contributed by atoms with Crippen LogP contribution in [0.4, 0.5) is 0 Å². The van der Waals surface area contributed by atoms with Gasteiger partial charge in [0.2, 0.25) is 0 Å². The van der Waals surface area contributed by atoms with Crippen LogP contribution in [0, 0.1) is 0 Å². The van der Waals surface area contributed by atoms with E-state index in [0.717, 1.165) is 128 Å². The number of carbonyl (C=O) groups excluding carboxylic acids is 3. The van der Waals surface area contributed by atoms with Crippen LogP contribution < -0.4 is 0 Å². The number of hydrogen-bond acceptors (Lipinski definition) is 6. The highest BCUT2D eigenvalue weighted by Gasteiger charge is 2.19. The largest absolute Gasteiger partial charge is 0.462 e. The summed E-state index contributed by atoms with van der Waals surface area (Å²) in [4.78, 5) is 38.5. The number of rotatable bonds is 64. The lowest BCUT2D eigenvalue weighted by Crippen LogP contribution is -2.30. The second-order valence-corrected chi connectivity index (χ2v) is 23.4. The third kappa shape index (κ3) is 68.7. The fraction of sp³-hybridized carbons (Fsp3) is 0.727. The summed E-state index contributed by atoms with van der Waals surface area (Å²) < 4.78 is 17.0. The lowest BCUT2D eigenvalue weighted by molar-refractivity contribution is -0.167. The van der Waals surface area contributed by atoms with Crippen LogP contribution in [0.15, 0.2) is 109 Å². The maximum atomic E-state index is 13.0. The van der Waals surface area contributed by atoms with E-state index in [9.17, 15) is 14.4 Å². The van der Waals surface area contributed by atoms with Gasteiger partial charge in [0.05, 0.1) is 0 Å². The molecule has 0 saturated heterocycles. The summed E-state index contributed by atoms with van der Waals surface area (Å²) in [6.45, 7) is 6.42. The predicted molar refractivity (Wildman–Crippen MR) is 362 cm³/mol. The third-order valence-electron chi connectivity index (χ3n) is 15.2. The van der Waals surface area contributed by atoms with E-state index in [2.05, 4.69) is 130 Å². The molecule has 0 bridgehead atoms. The Hall–Kier alpha value is -3.93. The summed E-state index contributed by atoms with van der Waals surface area (Å²) in [5.41, 5.74) is 0. The quantitative estimate of drug-likeness (QED) is 0.0261. The van der Waals surface area contributed by atoms with Gasteiger partial charge in [-0.1, -0.05) is 310 Å². The summed E-state index contributed by atoms with van der Waals surface area (Å²) in [6.07, 6.45) is 96.9. The minimum Gasteiger partial charge on any atom is -0.462 e. The van der Waals surface area contributed by atoms with Crippen molar-refractivity contribution in [2.75, 3.05) is 13.2 Å². The fourth-order valence-electron chi connectivity index (χ4n) is 10.0. The Morgan fingerprint density at radius 2 is 0.470 bits per heavy atom. The minimum atomic E-state index is -0.793. The molecule has 0 radical (unpaired) electrons. The van der Waals surface area contributed by atoms with Crippen LogP contribution in [-0.4, -0.2) is 37.2 Å². The standard InChI is InChI=1S/C77H132O6/c1-4-7-10-13-16-19-22-25-28-31-33-34-35-36-37-38-39-40-41-42-44-46-49-52-55-58-61-64-67-70-76(79)82-73-74(72-81-75(78)69-66-63-60-57-54-51-48-45-30-27-24-21-18-15-12-9-6-3)83-77(80)71-68-65-62-59-56-53-50-47-43-32-29-26-23-20-17-14-11-8-5-2/h8-9,11-12,17-18,20-22,25-27,29-31,33,43,47,74H,4-7,10,13-16,19,23-24,28,32,34-42,44-46,48-73H2,1-3H3/b11-8-,12-9-,20-17-,21-18-,25-22-,29-26-,30-27-,33-31-,47-43-. The molecule has 0 N–H and O–H groups in total. The van der Waals surface area contributed by atoms with E-state index >= 15 is 0 Å². The molecule has 0 heterocycles. The molecule has 0 aliphatic rings. The van der Waals surface area contributed by atoms with E-state index < -0.39 is 6.10 Å². The predicted octanol–water partition coefficient (Wildman–Crippen LogP) is 24.6. The Kier molecular flexibility index (Phi) is 67.2. The smallest absolute Gasteiger partial charge is 0.306 e. The second-order valence-electron chi connectivity index (χ2n) is 23.4. The topological polar surface area (TPSA) is 78.9 Å². The molecule has 0 aliphatic carbocycles. The van der Waals surface area contributed by atoms with Gasteiger partial charge in [-0.15, -0.1) is 0 Å². The monoisotopic (exact) mass is 1150 g/mol. The van der Waals surface area contributed by atoms with E-state index in [1.54, 1.807) is 0 Å². The van der Waals surface area contributed by atoms with Gasteiger partial charge in [0, 0.05) is 19.3 Å². The van der Waals surface area contributed by atoms with Crippen molar-refractivity contribution < 1.29 is 28.6 Å². The Morgan fingerprint density at radius 1 is 0.253 bits per heavy atom. The van der Waals surface area contributed by atoms with Crippen molar-refractivity contribution >= 4 is 17.9 Å². The molecule has 83 heavy (non-hydrogen) atoms. The average Bonchev–Trinajstić information content (AvgIpc) is 3.49. The second kappa shape index (κ2) is 70.6. The Balaban J connectivity index is 4.31. The third-order valence-corrected chi connectivity index (χ3v) is 15.2. The van der Waals surface area contributed by atoms with Gasteiger partial charge in [-0.25, -0.2) is 0 Å². The zero-order chi connectivity index (χ0) is 59.9. The van der Waals surface area contributed by atoms with Crippen LogP contribution >= 0.6 is 0 Å². The summed E-state index contributed by atoms with van der Waals surface area (Å²) in [5, 5.41) is 0. The van der Waals surface area contributed by atoms with Crippen LogP contribution in [0.2, 0.25) is 0 Å². The zero-order valence-corrected chi connectivity index (χ0v) is 54.7. The molecule has 1 atom stereocenters. The summed E-state index contributed by atoms with van der Waals surface area (Å²) in [5.74, 6) is -0.897. The average molecular weight is 1150 g/mol. The summed E-state index contributed by atoms with van der Waals surface area (Å²) in [6, 6.07) is 0. The Bertz CT molecular complexity index is 1660. The Morgan fingerprint density at radius 3 is 0.735 bits per heavy atom. The molecule has 0 aromatic rings. The molecule has 6 heteroatoms. The SMILES string of the molecule is CC/C=C\C/C=C\C/C=C\C/C=C\CCCCCCCCC(=O)OC(COC(=O)CCCCCCCCC/C=C\C/C=C\C/C=C\CC)COC(=O)CCCCCCCCCCCCCCCCCCC/C=C\C/C=C\CCCCCCC. The number of carbonyl (C=O) groups is 3. The minimum absolute atomic E-state index is 0.0861. The van der Waals surface area contributed by atoms with Crippen molar-refractivity contribution in [1.82, 2.24) is 0 Å². The van der Waals surface area contributed by atoms with Crippen molar-refractivity contribution in [2.24, 2.45) is 0 Å². The van der Waals surface area contributed by atoms with E-state index in [4.69, 9.17) is 14.2 Å². The Labute approximate surface area is 514 Å². The molecule has 0 saturated carbocycles. The number of esters is 3. The number of ether oxygens (including phenoxy) is 3. The molecule has 0 amide bonds. The first-order chi connectivity index (χ1) is 41.0. The molecule has 0 aliphatic heterocycles. The van der Waals surface area contributed by atoms with Gasteiger partial charge in [-0.05, 0) is 122 Å². The maximum absolute atomic E-state index is 13.0. The van der Waals surface area contributed by atoms with Gasteiger partial charge in [-0.3, -0.25) is 14.4 Å². The fourth-order valence-corrected chi connectivity index (χ4v) is 10.0. The van der Waals surface area contributed by atoms with Crippen molar-refractivity contribution in [1.29, 1.82) is 0 Å². The highest BCUT2D eigenvalue weighted by molar-refractivity contribution is 5.71. The van der Waals surface area contributed by atoms with Gasteiger partial charge in [0.25, 0.3) is 0 Å². The van der Waals surface area contributed by atoms with Gasteiger partial charge >= 0.3 is 17.9 Å². The first-order valence-electron chi connectivity index (χ1n) is 35.4. The molecule has 0 rings (SSSR count). The normalized spacial score (nSPS) is 12.8. The number of hydrogen-bond donors (Lipinski definition) is 0. The molecule has 476 valence electrons. The molecule has 6 nitrogen and oxygen atoms in total. The lowest BCUT2D eigenvalue weighted by atomic mass is 10.0. The summed E-state index contributed by atoms with van der Waals surface area (Å²) in [7, 11) is 0. The van der Waals surface area contributed by atoms with Crippen molar-refractivity contribution in [2.45, 2.75) is 348 Å². The molecular weight excluding hydrogens is 1020 g/mol. The van der Waals surface area contributed by atoms with Gasteiger partial charge in [-0.2, -0.15) is 0 Å². The molecule has 0 fully saturated rings. The van der Waals surface area contributed by atoms with Crippen LogP contribution in [0.5, 0.6) is 0 Å². The van der Waals surface area contributed by atoms with Crippen LogP contribution in [0.1, 0.15) is 342 Å². The van der Waals surface area contributed by atoms with Crippen molar-refractivity contribution in [3.05, 3.63) is 109 Å². The van der Waals surface area contributed by atoms with Gasteiger partial charge in [0.1, 0.15) is 13.2 Å². The maximum Gasteiger partial charge on any atom is 0.306 e. The van der Waals surface area contributed by atoms with Crippen LogP contribution in [-0.2, 0) is 28.6 Å². The van der Waals surface area contributed by atoms with Gasteiger partial charge in [0.15, 0.2) is 6.10 Å². The van der Waals surface area contributed by atoms with E-state index in [1.807, 2.05) is 0 Å². The highest BCUT2D eigenvalue weighted by atomic mass is 16.6. The highest BCUT2D eigenvalue weighted by Crippen LogP contribution is 2.17. The lowest BCUT2D eigenvalue weighted by Gasteiger charge is -2.18. The first-order valence-corrected chi connectivity index (χ1v) is 35.4. The molecular formula is C77H132O6. The molecule has 0 aromatic heterocycles. The van der Waals surface area contributed by atoms with Crippen molar-refractivity contribution in [3.8, 4) is 0 Å². The molecule has 0 spiro atoms. The summed E-state index contributed by atoms with van der Waals surface area (Å²) >= 11 is 0. The first kappa shape index (κ1) is 79.1. The van der Waals surface area contributed by atoms with Gasteiger partial charge < -0.3 is 14.2 Å². The van der Waals surface area contributed by atoms with E-state index in [0.29, 0.717) is 19.3 Å². The van der Waals surface area contributed by atoms with E-state index in [1.165, 1.54) is 173 Å².